The SMILES string of the molecule is Cn1cc(-c2ccc(CNc3cc(-c4cnc5cc(OCCN6CCn7cnnc7C6)ccn45)ncn3)cc2)cn1. The maximum atomic E-state index is 6.05. The van der Waals surface area contributed by atoms with Crippen molar-refractivity contribution in [2.45, 2.75) is 19.6 Å². The normalized spacial score (nSPS) is 13.4. The quantitative estimate of drug-likeness (QED) is 0.291. The van der Waals surface area contributed by atoms with Gasteiger partial charge in [0.1, 0.15) is 42.3 Å². The third kappa shape index (κ3) is 5.37. The van der Waals surface area contributed by atoms with E-state index < -0.39 is 0 Å². The van der Waals surface area contributed by atoms with Crippen molar-refractivity contribution < 1.29 is 4.74 Å². The molecule has 1 aliphatic heterocycles. The van der Waals surface area contributed by atoms with Gasteiger partial charge in [-0.05, 0) is 17.2 Å². The van der Waals surface area contributed by atoms with Gasteiger partial charge in [-0.2, -0.15) is 5.10 Å². The fourth-order valence-corrected chi connectivity index (χ4v) is 5.01. The number of aryl methyl sites for hydroxylation is 1. The van der Waals surface area contributed by atoms with Crippen LogP contribution < -0.4 is 10.1 Å². The summed E-state index contributed by atoms with van der Waals surface area (Å²) in [6, 6.07) is 14.3. The number of imidazole rings is 1. The molecule has 0 radical (unpaired) electrons. The molecule has 0 fully saturated rings. The molecule has 0 saturated carbocycles. The molecule has 6 aromatic rings. The monoisotopic (exact) mass is 547 g/mol. The first-order valence-electron chi connectivity index (χ1n) is 13.5. The Kier molecular flexibility index (Phi) is 6.57. The second kappa shape index (κ2) is 10.8. The van der Waals surface area contributed by atoms with Crippen LogP contribution >= 0.6 is 0 Å². The van der Waals surface area contributed by atoms with Crippen molar-refractivity contribution in [2.24, 2.45) is 7.05 Å². The van der Waals surface area contributed by atoms with Crippen molar-refractivity contribution in [3.05, 3.63) is 91.3 Å². The maximum Gasteiger partial charge on any atom is 0.147 e. The van der Waals surface area contributed by atoms with Gasteiger partial charge in [-0.15, -0.1) is 10.2 Å². The predicted molar refractivity (Wildman–Crippen MR) is 153 cm³/mol. The second-order valence-electron chi connectivity index (χ2n) is 10.0. The molecule has 0 atom stereocenters. The van der Waals surface area contributed by atoms with Crippen LogP contribution in [0.15, 0.2) is 79.9 Å². The summed E-state index contributed by atoms with van der Waals surface area (Å²) in [6.45, 7) is 4.72. The highest BCUT2D eigenvalue weighted by Crippen LogP contribution is 2.24. The number of ether oxygens (including phenoxy) is 1. The third-order valence-corrected chi connectivity index (χ3v) is 7.27. The first-order valence-corrected chi connectivity index (χ1v) is 13.5. The number of fused-ring (bicyclic) bond motifs is 2. The Morgan fingerprint density at radius 2 is 1.90 bits per heavy atom. The van der Waals surface area contributed by atoms with Crippen LogP contribution in [-0.4, -0.2) is 68.5 Å². The lowest BCUT2D eigenvalue weighted by molar-refractivity contribution is 0.174. The molecule has 6 heterocycles. The van der Waals surface area contributed by atoms with Gasteiger partial charge in [0.05, 0.1) is 30.3 Å². The van der Waals surface area contributed by atoms with E-state index >= 15 is 0 Å². The third-order valence-electron chi connectivity index (χ3n) is 7.27. The first-order chi connectivity index (χ1) is 20.2. The maximum absolute atomic E-state index is 6.05. The highest BCUT2D eigenvalue weighted by atomic mass is 16.5. The molecule has 0 spiro atoms. The number of hydrogen-bond acceptors (Lipinski definition) is 9. The molecule has 1 aromatic carbocycles. The molecule has 5 aromatic heterocycles. The average molecular weight is 548 g/mol. The van der Waals surface area contributed by atoms with E-state index in [-0.39, 0.29) is 0 Å². The Morgan fingerprint density at radius 3 is 2.78 bits per heavy atom. The van der Waals surface area contributed by atoms with E-state index in [1.54, 1.807) is 17.3 Å². The Labute approximate surface area is 236 Å². The van der Waals surface area contributed by atoms with Crippen LogP contribution in [0.4, 0.5) is 5.82 Å². The number of nitrogens with one attached hydrogen (secondary N) is 1. The molecule has 0 unspecified atom stereocenters. The summed E-state index contributed by atoms with van der Waals surface area (Å²) in [7, 11) is 1.92. The Morgan fingerprint density at radius 1 is 0.976 bits per heavy atom. The summed E-state index contributed by atoms with van der Waals surface area (Å²) in [5.74, 6) is 2.53. The van der Waals surface area contributed by atoms with Gasteiger partial charge in [-0.1, -0.05) is 24.3 Å². The molecule has 7 rings (SSSR count). The van der Waals surface area contributed by atoms with E-state index in [1.807, 2.05) is 54.4 Å². The Balaban J connectivity index is 0.973. The van der Waals surface area contributed by atoms with Crippen LogP contribution in [0, 0.1) is 0 Å². The lowest BCUT2D eigenvalue weighted by Crippen LogP contribution is -2.36. The number of aromatic nitrogens is 9. The van der Waals surface area contributed by atoms with E-state index in [4.69, 9.17) is 4.74 Å². The summed E-state index contributed by atoms with van der Waals surface area (Å²) in [6.07, 6.45) is 11.0. The minimum absolute atomic E-state index is 0.588. The second-order valence-corrected chi connectivity index (χ2v) is 10.0. The van der Waals surface area contributed by atoms with Gasteiger partial charge < -0.3 is 14.6 Å². The summed E-state index contributed by atoms with van der Waals surface area (Å²) in [5, 5.41) is 15.8. The fraction of sp³-hybridized carbons (Fsp3) is 0.241. The zero-order chi connectivity index (χ0) is 27.6. The van der Waals surface area contributed by atoms with Crippen molar-refractivity contribution in [1.29, 1.82) is 0 Å². The summed E-state index contributed by atoms with van der Waals surface area (Å²) in [5.41, 5.74) is 5.86. The van der Waals surface area contributed by atoms with Crippen LogP contribution in [0.25, 0.3) is 28.2 Å². The zero-order valence-electron chi connectivity index (χ0n) is 22.6. The average Bonchev–Trinajstić information content (AvgIpc) is 3.76. The summed E-state index contributed by atoms with van der Waals surface area (Å²) >= 11 is 0. The predicted octanol–water partition coefficient (Wildman–Crippen LogP) is 3.29. The first kappa shape index (κ1) is 24.9. The molecule has 206 valence electrons. The van der Waals surface area contributed by atoms with Gasteiger partial charge in [0.25, 0.3) is 0 Å². The number of benzene rings is 1. The molecule has 0 amide bonds. The van der Waals surface area contributed by atoms with Crippen molar-refractivity contribution in [1.82, 2.24) is 48.8 Å². The standard InChI is InChI=1S/C29H29N11O/c1-37-17-23(15-35-37)22-4-2-21(3-5-22)14-30-27-13-25(32-19-33-27)26-16-31-28-12-24(6-7-40(26)28)41-11-10-38-8-9-39-20-34-36-29(39)18-38/h2-7,12-13,15-17,19-20H,8-11,14,18H2,1H3,(H,30,32,33). The molecule has 12 nitrogen and oxygen atoms in total. The summed E-state index contributed by atoms with van der Waals surface area (Å²) in [4.78, 5) is 15.8. The minimum atomic E-state index is 0.588. The molecule has 12 heteroatoms. The molecule has 0 aliphatic carbocycles. The van der Waals surface area contributed by atoms with Gasteiger partial charge >= 0.3 is 0 Å². The molecule has 1 aliphatic rings. The Bertz CT molecular complexity index is 1790. The zero-order valence-corrected chi connectivity index (χ0v) is 22.6. The van der Waals surface area contributed by atoms with Gasteiger partial charge in [-0.3, -0.25) is 14.0 Å². The van der Waals surface area contributed by atoms with E-state index in [2.05, 4.69) is 69.3 Å². The smallest absolute Gasteiger partial charge is 0.147 e. The molecule has 41 heavy (non-hydrogen) atoms. The number of rotatable bonds is 9. The van der Waals surface area contributed by atoms with Crippen LogP contribution in [0.5, 0.6) is 5.75 Å². The molecule has 1 N–H and O–H groups in total. The van der Waals surface area contributed by atoms with Crippen LogP contribution in [0.1, 0.15) is 11.4 Å². The van der Waals surface area contributed by atoms with E-state index in [0.717, 1.165) is 77.3 Å². The molecular formula is C29H29N11O. The van der Waals surface area contributed by atoms with E-state index in [1.165, 1.54) is 0 Å². The van der Waals surface area contributed by atoms with Crippen LogP contribution in [0.2, 0.25) is 0 Å². The number of nitrogens with zero attached hydrogens (tertiary/aromatic N) is 10. The topological polar surface area (TPSA) is 116 Å². The highest BCUT2D eigenvalue weighted by molar-refractivity contribution is 5.64. The number of anilines is 1. The summed E-state index contributed by atoms with van der Waals surface area (Å²) < 4.78 is 12.0. The Hall–Kier alpha value is -5.10. The minimum Gasteiger partial charge on any atom is -0.492 e. The van der Waals surface area contributed by atoms with E-state index in [9.17, 15) is 0 Å². The van der Waals surface area contributed by atoms with Gasteiger partial charge in [0, 0.05) is 63.3 Å². The van der Waals surface area contributed by atoms with Crippen molar-refractivity contribution in [3.63, 3.8) is 0 Å². The van der Waals surface area contributed by atoms with Crippen molar-refractivity contribution in [2.75, 3.05) is 25.0 Å². The van der Waals surface area contributed by atoms with Crippen LogP contribution in [-0.2, 0) is 26.7 Å². The number of pyridine rings is 1. The highest BCUT2D eigenvalue weighted by Gasteiger charge is 2.17. The van der Waals surface area contributed by atoms with Crippen molar-refractivity contribution >= 4 is 11.5 Å². The fourth-order valence-electron chi connectivity index (χ4n) is 5.01. The molecule has 0 bridgehead atoms. The number of hydrogen-bond donors (Lipinski definition) is 1. The largest absolute Gasteiger partial charge is 0.492 e. The van der Waals surface area contributed by atoms with Crippen molar-refractivity contribution in [3.8, 4) is 28.3 Å². The van der Waals surface area contributed by atoms with Gasteiger partial charge in [0.15, 0.2) is 0 Å². The van der Waals surface area contributed by atoms with E-state index in [0.29, 0.717) is 13.2 Å². The molecule has 0 saturated heterocycles. The van der Waals surface area contributed by atoms with Gasteiger partial charge in [0.2, 0.25) is 0 Å². The van der Waals surface area contributed by atoms with Crippen LogP contribution in [0.3, 0.4) is 0 Å². The lowest BCUT2D eigenvalue weighted by atomic mass is 10.1. The molecular weight excluding hydrogens is 518 g/mol. The lowest BCUT2D eigenvalue weighted by Gasteiger charge is -2.26. The van der Waals surface area contributed by atoms with Gasteiger partial charge in [-0.25, -0.2) is 15.0 Å².